The molecule has 0 aliphatic carbocycles. The Bertz CT molecular complexity index is 187. The number of hydrogen-bond donors (Lipinski definition) is 0. The Hall–Kier alpha value is -0.900. The Labute approximate surface area is 84.6 Å². The van der Waals surface area contributed by atoms with E-state index in [1.54, 1.807) is 13.8 Å². The molecule has 14 heavy (non-hydrogen) atoms. The van der Waals surface area contributed by atoms with Crippen LogP contribution in [0.5, 0.6) is 0 Å². The van der Waals surface area contributed by atoms with E-state index in [0.29, 0.717) is 6.61 Å². The van der Waals surface area contributed by atoms with Crippen LogP contribution < -0.4 is 0 Å². The van der Waals surface area contributed by atoms with Crippen molar-refractivity contribution in [3.8, 4) is 0 Å². The average molecular weight is 202 g/mol. The van der Waals surface area contributed by atoms with E-state index in [4.69, 9.17) is 9.47 Å². The third-order valence-corrected chi connectivity index (χ3v) is 1.32. The molecule has 0 saturated heterocycles. The van der Waals surface area contributed by atoms with Crippen LogP contribution in [0.3, 0.4) is 0 Å². The minimum Gasteiger partial charge on any atom is -0.463 e. The molecule has 0 N–H and O–H groups in total. The van der Waals surface area contributed by atoms with Crippen LogP contribution in [-0.4, -0.2) is 31.1 Å². The van der Waals surface area contributed by atoms with Gasteiger partial charge in [-0.05, 0) is 20.3 Å². The molecule has 0 heterocycles. The summed E-state index contributed by atoms with van der Waals surface area (Å²) in [5.74, 6) is -0.714. The topological polar surface area (TPSA) is 52.6 Å². The van der Waals surface area contributed by atoms with Crippen LogP contribution in [0.1, 0.15) is 33.6 Å². The Balaban J connectivity index is 3.56. The zero-order valence-electron chi connectivity index (χ0n) is 9.04. The summed E-state index contributed by atoms with van der Waals surface area (Å²) in [6.07, 6.45) is 0.498. The van der Waals surface area contributed by atoms with Crippen molar-refractivity contribution < 1.29 is 19.1 Å². The second kappa shape index (κ2) is 7.50. The maximum absolute atomic E-state index is 11.1. The molecule has 0 unspecified atom stereocenters. The molecule has 4 nitrogen and oxygen atoms in total. The largest absolute Gasteiger partial charge is 0.463 e. The molecular weight excluding hydrogens is 184 g/mol. The third-order valence-electron chi connectivity index (χ3n) is 1.32. The zero-order chi connectivity index (χ0) is 11.0. The lowest BCUT2D eigenvalue weighted by Crippen LogP contribution is -2.18. The van der Waals surface area contributed by atoms with Gasteiger partial charge < -0.3 is 9.47 Å². The van der Waals surface area contributed by atoms with Crippen LogP contribution in [0.4, 0.5) is 0 Å². The summed E-state index contributed by atoms with van der Waals surface area (Å²) in [4.78, 5) is 22.1. The summed E-state index contributed by atoms with van der Waals surface area (Å²) in [7, 11) is 0. The van der Waals surface area contributed by atoms with Gasteiger partial charge in [-0.15, -0.1) is 0 Å². The van der Waals surface area contributed by atoms with Gasteiger partial charge in [0, 0.05) is 6.61 Å². The van der Waals surface area contributed by atoms with Crippen molar-refractivity contribution in [2.24, 2.45) is 0 Å². The van der Waals surface area contributed by atoms with Gasteiger partial charge in [-0.2, -0.15) is 0 Å². The zero-order valence-corrected chi connectivity index (χ0v) is 9.04. The first-order valence-corrected chi connectivity index (χ1v) is 4.85. The van der Waals surface area contributed by atoms with Crippen molar-refractivity contribution in [2.45, 2.75) is 39.7 Å². The van der Waals surface area contributed by atoms with Gasteiger partial charge in [0.2, 0.25) is 0 Å². The van der Waals surface area contributed by atoms with Gasteiger partial charge in [-0.25, -0.2) is 0 Å². The molecule has 0 radical (unpaired) electrons. The quantitative estimate of drug-likeness (QED) is 0.355. The predicted octanol–water partition coefficient (Wildman–Crippen LogP) is 1.32. The van der Waals surface area contributed by atoms with Crippen LogP contribution >= 0.6 is 0 Å². The van der Waals surface area contributed by atoms with Crippen molar-refractivity contribution in [3.63, 3.8) is 0 Å². The summed E-state index contributed by atoms with van der Waals surface area (Å²) < 4.78 is 9.80. The Morgan fingerprint density at radius 3 is 2.43 bits per heavy atom. The molecule has 0 aliphatic rings. The fourth-order valence-corrected chi connectivity index (χ4v) is 0.847. The van der Waals surface area contributed by atoms with E-state index < -0.39 is 5.97 Å². The van der Waals surface area contributed by atoms with E-state index in [9.17, 15) is 9.59 Å². The molecule has 0 spiro atoms. The van der Waals surface area contributed by atoms with Gasteiger partial charge >= 0.3 is 5.97 Å². The van der Waals surface area contributed by atoms with Crippen LogP contribution in [0.25, 0.3) is 0 Å². The van der Waals surface area contributed by atoms with Crippen LogP contribution in [0.2, 0.25) is 0 Å². The lowest BCUT2D eigenvalue weighted by molar-refractivity contribution is -0.150. The molecule has 0 rings (SSSR count). The van der Waals surface area contributed by atoms with Gasteiger partial charge in [-0.1, -0.05) is 6.92 Å². The fourth-order valence-electron chi connectivity index (χ4n) is 0.847. The fraction of sp³-hybridized carbons (Fsp3) is 0.800. The Kier molecular flexibility index (Phi) is 7.02. The average Bonchev–Trinajstić information content (AvgIpc) is 2.02. The van der Waals surface area contributed by atoms with E-state index >= 15 is 0 Å². The number of ketones is 1. The van der Waals surface area contributed by atoms with Crippen LogP contribution in [0, 0.1) is 0 Å². The highest BCUT2D eigenvalue weighted by atomic mass is 16.5. The van der Waals surface area contributed by atoms with E-state index in [2.05, 4.69) is 0 Å². The van der Waals surface area contributed by atoms with E-state index in [-0.39, 0.29) is 24.9 Å². The Morgan fingerprint density at radius 1 is 1.29 bits per heavy atom. The smallest absolute Gasteiger partial charge is 0.313 e. The van der Waals surface area contributed by atoms with Crippen molar-refractivity contribution in [1.82, 2.24) is 0 Å². The molecule has 0 aromatic rings. The minimum absolute atomic E-state index is 0.00103. The number of rotatable bonds is 7. The standard InChI is InChI=1S/C10H18O4/c1-4-5-13-7-9(11)6-10(12)14-8(2)3/h8H,4-7H2,1-3H3. The molecule has 0 bridgehead atoms. The predicted molar refractivity (Wildman–Crippen MR) is 52.0 cm³/mol. The van der Waals surface area contributed by atoms with Crippen molar-refractivity contribution in [2.75, 3.05) is 13.2 Å². The van der Waals surface area contributed by atoms with Crippen molar-refractivity contribution in [1.29, 1.82) is 0 Å². The molecule has 0 amide bonds. The van der Waals surface area contributed by atoms with Crippen LogP contribution in [-0.2, 0) is 19.1 Å². The molecule has 82 valence electrons. The molecular formula is C10H18O4. The monoisotopic (exact) mass is 202 g/mol. The van der Waals surface area contributed by atoms with Gasteiger partial charge in [0.25, 0.3) is 0 Å². The number of carbonyl (C=O) groups excluding carboxylic acids is 2. The maximum Gasteiger partial charge on any atom is 0.313 e. The minimum atomic E-state index is -0.481. The molecule has 0 saturated carbocycles. The third kappa shape index (κ3) is 7.73. The summed E-state index contributed by atoms with van der Waals surface area (Å²) in [5, 5.41) is 0. The lowest BCUT2D eigenvalue weighted by Gasteiger charge is -2.07. The highest BCUT2D eigenvalue weighted by Gasteiger charge is 2.11. The van der Waals surface area contributed by atoms with E-state index in [0.717, 1.165) is 6.42 Å². The normalized spacial score (nSPS) is 10.3. The lowest BCUT2D eigenvalue weighted by atomic mass is 10.3. The van der Waals surface area contributed by atoms with Crippen molar-refractivity contribution in [3.05, 3.63) is 0 Å². The highest BCUT2D eigenvalue weighted by Crippen LogP contribution is 1.95. The summed E-state index contributed by atoms with van der Waals surface area (Å²) in [6, 6.07) is 0. The second-order valence-electron chi connectivity index (χ2n) is 3.31. The number of carbonyl (C=O) groups is 2. The maximum atomic E-state index is 11.1. The van der Waals surface area contributed by atoms with Gasteiger partial charge in [0.05, 0.1) is 6.10 Å². The molecule has 0 aliphatic heterocycles. The first-order valence-electron chi connectivity index (χ1n) is 4.85. The number of hydrogen-bond acceptors (Lipinski definition) is 4. The van der Waals surface area contributed by atoms with Gasteiger partial charge in [-0.3, -0.25) is 9.59 Å². The van der Waals surface area contributed by atoms with E-state index in [1.807, 2.05) is 6.92 Å². The Morgan fingerprint density at radius 2 is 1.93 bits per heavy atom. The first kappa shape index (κ1) is 13.1. The van der Waals surface area contributed by atoms with Crippen molar-refractivity contribution >= 4 is 11.8 Å². The molecule has 0 fully saturated rings. The summed E-state index contributed by atoms with van der Waals surface area (Å²) in [6.45, 7) is 6.00. The molecule has 4 heteroatoms. The molecule has 0 aromatic heterocycles. The number of Topliss-reactive ketones (excluding diaryl/α,β-unsaturated/α-hetero) is 1. The van der Waals surface area contributed by atoms with Gasteiger partial charge in [0.15, 0.2) is 5.78 Å². The molecule has 0 aromatic carbocycles. The summed E-state index contributed by atoms with van der Waals surface area (Å²) in [5.41, 5.74) is 0. The second-order valence-corrected chi connectivity index (χ2v) is 3.31. The number of esters is 1. The first-order chi connectivity index (χ1) is 6.56. The van der Waals surface area contributed by atoms with Crippen LogP contribution in [0.15, 0.2) is 0 Å². The van der Waals surface area contributed by atoms with E-state index in [1.165, 1.54) is 0 Å². The highest BCUT2D eigenvalue weighted by molar-refractivity contribution is 5.96. The SMILES string of the molecule is CCCOCC(=O)CC(=O)OC(C)C. The number of ether oxygens (including phenoxy) is 2. The molecule has 0 atom stereocenters. The summed E-state index contributed by atoms with van der Waals surface area (Å²) >= 11 is 0. The van der Waals surface area contributed by atoms with Gasteiger partial charge in [0.1, 0.15) is 13.0 Å².